The van der Waals surface area contributed by atoms with E-state index in [-0.39, 0.29) is 6.04 Å². The first kappa shape index (κ1) is 14.1. The molecule has 0 saturated heterocycles. The zero-order chi connectivity index (χ0) is 14.8. The Morgan fingerprint density at radius 3 is 2.90 bits per heavy atom. The van der Waals surface area contributed by atoms with Crippen molar-refractivity contribution in [1.82, 2.24) is 0 Å². The van der Waals surface area contributed by atoms with Crippen molar-refractivity contribution in [3.63, 3.8) is 0 Å². The lowest BCUT2D eigenvalue weighted by molar-refractivity contribution is 0.357. The van der Waals surface area contributed by atoms with Crippen LogP contribution in [-0.2, 0) is 6.42 Å². The molecule has 0 fully saturated rings. The Kier molecular flexibility index (Phi) is 3.93. The van der Waals surface area contributed by atoms with Crippen molar-refractivity contribution in [2.45, 2.75) is 19.4 Å². The lowest BCUT2D eigenvalue weighted by Gasteiger charge is -2.17. The van der Waals surface area contributed by atoms with Gasteiger partial charge in [0.25, 0.3) is 0 Å². The van der Waals surface area contributed by atoms with Crippen molar-refractivity contribution in [2.24, 2.45) is 0 Å². The van der Waals surface area contributed by atoms with Gasteiger partial charge < -0.3 is 14.8 Å². The molecule has 1 unspecified atom stereocenters. The Bertz CT molecular complexity index is 657. The second-order valence-corrected chi connectivity index (χ2v) is 5.59. The molecule has 4 heteroatoms. The minimum absolute atomic E-state index is 0.196. The normalized spacial score (nSPS) is 14.2. The van der Waals surface area contributed by atoms with Gasteiger partial charge in [-0.3, -0.25) is 0 Å². The predicted octanol–water partition coefficient (Wildman–Crippen LogP) is 4.46. The highest BCUT2D eigenvalue weighted by molar-refractivity contribution is 6.32. The van der Waals surface area contributed by atoms with E-state index in [1.807, 2.05) is 18.2 Å². The van der Waals surface area contributed by atoms with Gasteiger partial charge in [-0.15, -0.1) is 0 Å². The number of anilines is 1. The Morgan fingerprint density at radius 2 is 2.10 bits per heavy atom. The number of rotatable bonds is 4. The molecule has 1 heterocycles. The Morgan fingerprint density at radius 1 is 1.24 bits per heavy atom. The second-order valence-electron chi connectivity index (χ2n) is 5.18. The summed E-state index contributed by atoms with van der Waals surface area (Å²) in [5.74, 6) is 1.69. The Labute approximate surface area is 129 Å². The maximum absolute atomic E-state index is 6.05. The molecule has 0 spiro atoms. The third-order valence-corrected chi connectivity index (χ3v) is 4.06. The van der Waals surface area contributed by atoms with Crippen LogP contribution in [0, 0.1) is 0 Å². The third kappa shape index (κ3) is 2.93. The number of hydrogen-bond donors (Lipinski definition) is 1. The molecule has 0 saturated carbocycles. The topological polar surface area (TPSA) is 30.5 Å². The van der Waals surface area contributed by atoms with Crippen molar-refractivity contribution in [1.29, 1.82) is 0 Å². The summed E-state index contributed by atoms with van der Waals surface area (Å²) in [6, 6.07) is 12.3. The highest BCUT2D eigenvalue weighted by Gasteiger charge is 2.14. The van der Waals surface area contributed by atoms with Gasteiger partial charge in [0.2, 0.25) is 0 Å². The van der Waals surface area contributed by atoms with E-state index in [9.17, 15) is 0 Å². The molecule has 110 valence electrons. The van der Waals surface area contributed by atoms with Crippen LogP contribution in [-0.4, -0.2) is 13.7 Å². The van der Waals surface area contributed by atoms with Gasteiger partial charge in [0.05, 0.1) is 18.7 Å². The lowest BCUT2D eigenvalue weighted by Crippen LogP contribution is -2.07. The van der Waals surface area contributed by atoms with Crippen LogP contribution in [0.3, 0.4) is 0 Å². The van der Waals surface area contributed by atoms with Gasteiger partial charge in [-0.2, -0.15) is 0 Å². The van der Waals surface area contributed by atoms with E-state index in [0.29, 0.717) is 10.8 Å². The fourth-order valence-electron chi connectivity index (χ4n) is 2.56. The average Bonchev–Trinajstić information content (AvgIpc) is 2.96. The smallest absolute Gasteiger partial charge is 0.139 e. The maximum Gasteiger partial charge on any atom is 0.139 e. The zero-order valence-corrected chi connectivity index (χ0v) is 12.9. The summed E-state index contributed by atoms with van der Waals surface area (Å²) in [6.07, 6.45) is 0.991. The molecular weight excluding hydrogens is 286 g/mol. The first-order chi connectivity index (χ1) is 10.2. The molecule has 0 aromatic heterocycles. The maximum atomic E-state index is 6.05. The fourth-order valence-corrected chi connectivity index (χ4v) is 2.75. The first-order valence-corrected chi connectivity index (χ1v) is 7.41. The standard InChI is InChI=1S/C17H18ClNO2/c1-11(12-3-6-16-13(9-12)7-8-21-16)19-14-4-5-15(18)17(10-14)20-2/h3-6,9-11,19H,7-8H2,1-2H3. The summed E-state index contributed by atoms with van der Waals surface area (Å²) in [6.45, 7) is 2.92. The van der Waals surface area contributed by atoms with E-state index in [4.69, 9.17) is 21.1 Å². The number of ether oxygens (including phenoxy) is 2. The van der Waals surface area contributed by atoms with Crippen LogP contribution in [0.25, 0.3) is 0 Å². The Hall–Kier alpha value is -1.87. The molecule has 3 nitrogen and oxygen atoms in total. The van der Waals surface area contributed by atoms with Crippen molar-refractivity contribution in [3.05, 3.63) is 52.5 Å². The number of nitrogens with one attached hydrogen (secondary N) is 1. The summed E-state index contributed by atoms with van der Waals surface area (Å²) < 4.78 is 10.8. The van der Waals surface area contributed by atoms with E-state index in [2.05, 4.69) is 30.4 Å². The van der Waals surface area contributed by atoms with Crippen molar-refractivity contribution >= 4 is 17.3 Å². The summed E-state index contributed by atoms with van der Waals surface area (Å²) in [5, 5.41) is 4.09. The molecule has 21 heavy (non-hydrogen) atoms. The minimum Gasteiger partial charge on any atom is -0.495 e. The SMILES string of the molecule is COc1cc(NC(C)c2ccc3c(c2)CCO3)ccc1Cl. The van der Waals surface area contributed by atoms with Crippen molar-refractivity contribution in [3.8, 4) is 11.5 Å². The number of benzene rings is 2. The monoisotopic (exact) mass is 303 g/mol. The van der Waals surface area contributed by atoms with E-state index in [1.54, 1.807) is 7.11 Å². The quantitative estimate of drug-likeness (QED) is 0.905. The highest BCUT2D eigenvalue weighted by atomic mass is 35.5. The molecule has 0 radical (unpaired) electrons. The molecule has 2 aromatic rings. The van der Waals surface area contributed by atoms with Crippen LogP contribution in [0.2, 0.25) is 5.02 Å². The van der Waals surface area contributed by atoms with Crippen LogP contribution in [0.4, 0.5) is 5.69 Å². The van der Waals surface area contributed by atoms with Crippen LogP contribution < -0.4 is 14.8 Å². The first-order valence-electron chi connectivity index (χ1n) is 7.03. The molecule has 0 aliphatic carbocycles. The average molecular weight is 304 g/mol. The van der Waals surface area contributed by atoms with Crippen LogP contribution in [0.15, 0.2) is 36.4 Å². The molecule has 2 aromatic carbocycles. The van der Waals surface area contributed by atoms with E-state index >= 15 is 0 Å². The molecule has 1 aliphatic heterocycles. The van der Waals surface area contributed by atoms with Gasteiger partial charge in [-0.1, -0.05) is 17.7 Å². The third-order valence-electron chi connectivity index (χ3n) is 3.75. The van der Waals surface area contributed by atoms with Crippen molar-refractivity contribution < 1.29 is 9.47 Å². The fraction of sp³-hybridized carbons (Fsp3) is 0.294. The van der Waals surface area contributed by atoms with Gasteiger partial charge in [-0.25, -0.2) is 0 Å². The summed E-state index contributed by atoms with van der Waals surface area (Å²) >= 11 is 6.05. The van der Waals surface area contributed by atoms with Crippen molar-refractivity contribution in [2.75, 3.05) is 19.0 Å². The Balaban J connectivity index is 1.78. The lowest BCUT2D eigenvalue weighted by atomic mass is 10.0. The molecule has 1 N–H and O–H groups in total. The van der Waals surface area contributed by atoms with Gasteiger partial charge >= 0.3 is 0 Å². The van der Waals surface area contributed by atoms with Crippen LogP contribution in [0.1, 0.15) is 24.1 Å². The molecule has 1 atom stereocenters. The summed E-state index contributed by atoms with van der Waals surface area (Å²) in [4.78, 5) is 0. The highest BCUT2D eigenvalue weighted by Crippen LogP contribution is 2.31. The second kappa shape index (κ2) is 5.86. The number of halogens is 1. The number of fused-ring (bicyclic) bond motifs is 1. The van der Waals surface area contributed by atoms with Gasteiger partial charge in [0.15, 0.2) is 0 Å². The van der Waals surface area contributed by atoms with E-state index < -0.39 is 0 Å². The van der Waals surface area contributed by atoms with Crippen LogP contribution in [0.5, 0.6) is 11.5 Å². The molecule has 1 aliphatic rings. The molecule has 3 rings (SSSR count). The molecule has 0 bridgehead atoms. The van der Waals surface area contributed by atoms with Gasteiger partial charge in [0, 0.05) is 24.2 Å². The van der Waals surface area contributed by atoms with E-state index in [1.165, 1.54) is 11.1 Å². The number of hydrogen-bond acceptors (Lipinski definition) is 3. The number of methoxy groups -OCH3 is 1. The van der Waals surface area contributed by atoms with Crippen LogP contribution >= 0.6 is 11.6 Å². The molecular formula is C17H18ClNO2. The summed E-state index contributed by atoms with van der Waals surface area (Å²) in [7, 11) is 1.62. The molecule has 0 amide bonds. The van der Waals surface area contributed by atoms with Gasteiger partial charge in [-0.05, 0) is 42.3 Å². The predicted molar refractivity (Wildman–Crippen MR) is 85.7 cm³/mol. The zero-order valence-electron chi connectivity index (χ0n) is 12.2. The minimum atomic E-state index is 0.196. The summed E-state index contributed by atoms with van der Waals surface area (Å²) in [5.41, 5.74) is 3.52. The van der Waals surface area contributed by atoms with E-state index in [0.717, 1.165) is 24.5 Å². The largest absolute Gasteiger partial charge is 0.495 e. The van der Waals surface area contributed by atoms with Gasteiger partial charge in [0.1, 0.15) is 11.5 Å².